The van der Waals surface area contributed by atoms with Gasteiger partial charge in [-0.05, 0) is 12.5 Å². The summed E-state index contributed by atoms with van der Waals surface area (Å²) in [4.78, 5) is 11.4. The highest BCUT2D eigenvalue weighted by Crippen LogP contribution is 2.08. The molecule has 18 heavy (non-hydrogen) atoms. The van der Waals surface area contributed by atoms with E-state index in [0.29, 0.717) is 0 Å². The smallest absolute Gasteiger partial charge is 0.321 e. The van der Waals surface area contributed by atoms with Gasteiger partial charge in [0.25, 0.3) is 0 Å². The number of benzene rings is 1. The lowest BCUT2D eigenvalue weighted by Crippen LogP contribution is -2.35. The summed E-state index contributed by atoms with van der Waals surface area (Å²) < 4.78 is 29.0. The summed E-state index contributed by atoms with van der Waals surface area (Å²) in [5, 5.41) is 0. The first-order valence-corrected chi connectivity index (χ1v) is 7.43. The van der Waals surface area contributed by atoms with Crippen molar-refractivity contribution in [2.45, 2.75) is 13.5 Å². The first-order valence-electron chi connectivity index (χ1n) is 5.58. The summed E-state index contributed by atoms with van der Waals surface area (Å²) in [7, 11) is -3.44. The number of ether oxygens (including phenoxy) is 1. The maximum atomic E-state index is 11.6. The third kappa shape index (κ3) is 4.85. The third-order valence-corrected chi connectivity index (χ3v) is 3.48. The molecule has 0 atom stereocenters. The van der Waals surface area contributed by atoms with Crippen molar-refractivity contribution in [1.82, 2.24) is 4.31 Å². The van der Waals surface area contributed by atoms with E-state index in [1.807, 2.05) is 30.3 Å². The van der Waals surface area contributed by atoms with Gasteiger partial charge in [0.2, 0.25) is 10.0 Å². The molecule has 0 N–H and O–H groups in total. The Morgan fingerprint density at radius 1 is 1.28 bits per heavy atom. The van der Waals surface area contributed by atoms with Crippen molar-refractivity contribution in [2.24, 2.45) is 0 Å². The van der Waals surface area contributed by atoms with Crippen molar-refractivity contribution in [1.29, 1.82) is 0 Å². The summed E-state index contributed by atoms with van der Waals surface area (Å²) in [6.07, 6.45) is 1.08. The fourth-order valence-electron chi connectivity index (χ4n) is 1.43. The van der Waals surface area contributed by atoms with E-state index in [4.69, 9.17) is 4.74 Å². The Morgan fingerprint density at radius 3 is 2.39 bits per heavy atom. The predicted molar refractivity (Wildman–Crippen MR) is 68.3 cm³/mol. The number of carbonyl (C=O) groups excluding carboxylic acids is 1. The zero-order valence-corrected chi connectivity index (χ0v) is 11.3. The van der Waals surface area contributed by atoms with Crippen LogP contribution in [0.15, 0.2) is 30.3 Å². The normalized spacial score (nSPS) is 11.5. The first kappa shape index (κ1) is 14.7. The van der Waals surface area contributed by atoms with Crippen LogP contribution in [0.5, 0.6) is 0 Å². The zero-order chi connectivity index (χ0) is 13.6. The highest BCUT2D eigenvalue weighted by molar-refractivity contribution is 7.88. The van der Waals surface area contributed by atoms with E-state index in [2.05, 4.69) is 0 Å². The second-order valence-corrected chi connectivity index (χ2v) is 5.80. The van der Waals surface area contributed by atoms with Gasteiger partial charge < -0.3 is 4.74 Å². The number of hydrogen-bond acceptors (Lipinski definition) is 4. The summed E-state index contributed by atoms with van der Waals surface area (Å²) in [5.74, 6) is -0.543. The second kappa shape index (κ2) is 6.51. The minimum atomic E-state index is -3.44. The van der Waals surface area contributed by atoms with E-state index in [-0.39, 0.29) is 19.7 Å². The van der Waals surface area contributed by atoms with Crippen LogP contribution >= 0.6 is 0 Å². The summed E-state index contributed by atoms with van der Waals surface area (Å²) >= 11 is 0. The lowest BCUT2D eigenvalue weighted by molar-refractivity contribution is -0.143. The van der Waals surface area contributed by atoms with Gasteiger partial charge in [-0.1, -0.05) is 30.3 Å². The molecule has 0 fully saturated rings. The standard InChI is InChI=1S/C12H17NO4S/c1-3-17-12(14)10-13(18(2,15)16)9-11-7-5-4-6-8-11/h4-8H,3,9-10H2,1-2H3. The fraction of sp³-hybridized carbons (Fsp3) is 0.417. The number of nitrogens with zero attached hydrogens (tertiary/aromatic N) is 1. The third-order valence-electron chi connectivity index (χ3n) is 2.28. The minimum absolute atomic E-state index is 0.165. The van der Waals surface area contributed by atoms with Gasteiger partial charge >= 0.3 is 5.97 Å². The molecule has 1 aromatic carbocycles. The van der Waals surface area contributed by atoms with Crippen molar-refractivity contribution in [3.8, 4) is 0 Å². The van der Waals surface area contributed by atoms with Gasteiger partial charge in [-0.2, -0.15) is 4.31 Å². The molecule has 0 aliphatic rings. The predicted octanol–water partition coefficient (Wildman–Crippen LogP) is 1.01. The number of rotatable bonds is 6. The molecule has 1 rings (SSSR count). The largest absolute Gasteiger partial charge is 0.465 e. The number of sulfonamides is 1. The van der Waals surface area contributed by atoms with Gasteiger partial charge in [-0.15, -0.1) is 0 Å². The van der Waals surface area contributed by atoms with Crippen LogP contribution in [-0.4, -0.2) is 38.1 Å². The maximum Gasteiger partial charge on any atom is 0.321 e. The van der Waals surface area contributed by atoms with E-state index in [9.17, 15) is 13.2 Å². The molecular formula is C12H17NO4S. The van der Waals surface area contributed by atoms with Crippen molar-refractivity contribution >= 4 is 16.0 Å². The van der Waals surface area contributed by atoms with Gasteiger partial charge in [0.15, 0.2) is 0 Å². The maximum absolute atomic E-state index is 11.6. The number of esters is 1. The molecular weight excluding hydrogens is 254 g/mol. The molecule has 0 amide bonds. The van der Waals surface area contributed by atoms with Crippen molar-refractivity contribution in [2.75, 3.05) is 19.4 Å². The Morgan fingerprint density at radius 2 is 1.89 bits per heavy atom. The highest BCUT2D eigenvalue weighted by atomic mass is 32.2. The average molecular weight is 271 g/mol. The van der Waals surface area contributed by atoms with Gasteiger partial charge in [-0.25, -0.2) is 8.42 Å². The van der Waals surface area contributed by atoms with Crippen LogP contribution in [0.1, 0.15) is 12.5 Å². The lowest BCUT2D eigenvalue weighted by Gasteiger charge is -2.18. The quantitative estimate of drug-likeness (QED) is 0.724. The first-order chi connectivity index (χ1) is 8.43. The summed E-state index contributed by atoms with van der Waals surface area (Å²) in [6.45, 7) is 1.82. The topological polar surface area (TPSA) is 63.7 Å². The zero-order valence-electron chi connectivity index (χ0n) is 10.5. The number of carbonyl (C=O) groups is 1. The van der Waals surface area contributed by atoms with E-state index in [1.165, 1.54) is 0 Å². The van der Waals surface area contributed by atoms with Crippen LogP contribution in [0.3, 0.4) is 0 Å². The van der Waals surface area contributed by atoms with Crippen molar-refractivity contribution < 1.29 is 17.9 Å². The monoisotopic (exact) mass is 271 g/mol. The van der Waals surface area contributed by atoms with Crippen molar-refractivity contribution in [3.05, 3.63) is 35.9 Å². The van der Waals surface area contributed by atoms with Crippen LogP contribution in [0.4, 0.5) is 0 Å². The highest BCUT2D eigenvalue weighted by Gasteiger charge is 2.20. The van der Waals surface area contributed by atoms with Gasteiger partial charge in [0.1, 0.15) is 6.54 Å². The fourth-order valence-corrected chi connectivity index (χ4v) is 2.15. The van der Waals surface area contributed by atoms with Gasteiger partial charge in [0.05, 0.1) is 12.9 Å². The molecule has 0 aromatic heterocycles. The Balaban J connectivity index is 2.78. The Hall–Kier alpha value is -1.40. The lowest BCUT2D eigenvalue weighted by atomic mass is 10.2. The molecule has 0 aliphatic carbocycles. The van der Waals surface area contributed by atoms with E-state index in [1.54, 1.807) is 6.92 Å². The van der Waals surface area contributed by atoms with Gasteiger partial charge in [-0.3, -0.25) is 4.79 Å². The van der Waals surface area contributed by atoms with E-state index in [0.717, 1.165) is 16.1 Å². The summed E-state index contributed by atoms with van der Waals surface area (Å²) in [6, 6.07) is 9.10. The molecule has 0 saturated carbocycles. The second-order valence-electron chi connectivity index (χ2n) is 3.82. The molecule has 1 aromatic rings. The molecule has 0 aliphatic heterocycles. The van der Waals surface area contributed by atoms with E-state index < -0.39 is 16.0 Å². The Labute approximate surface area is 107 Å². The molecule has 0 spiro atoms. The number of hydrogen-bond donors (Lipinski definition) is 0. The van der Waals surface area contributed by atoms with Crippen LogP contribution in [-0.2, 0) is 26.1 Å². The molecule has 0 unspecified atom stereocenters. The average Bonchev–Trinajstić information content (AvgIpc) is 2.28. The molecule has 6 heteroatoms. The molecule has 5 nitrogen and oxygen atoms in total. The molecule has 0 radical (unpaired) electrons. The van der Waals surface area contributed by atoms with Crippen molar-refractivity contribution in [3.63, 3.8) is 0 Å². The molecule has 0 bridgehead atoms. The van der Waals surface area contributed by atoms with Crippen LogP contribution in [0.25, 0.3) is 0 Å². The SMILES string of the molecule is CCOC(=O)CN(Cc1ccccc1)S(C)(=O)=O. The minimum Gasteiger partial charge on any atom is -0.465 e. The van der Waals surface area contributed by atoms with Crippen LogP contribution in [0, 0.1) is 0 Å². The summed E-state index contributed by atoms with van der Waals surface area (Å²) in [5.41, 5.74) is 0.826. The Kier molecular flexibility index (Phi) is 5.30. The molecule has 100 valence electrons. The Bertz CT molecular complexity index is 484. The molecule has 0 heterocycles. The van der Waals surface area contributed by atoms with Crippen LogP contribution in [0.2, 0.25) is 0 Å². The van der Waals surface area contributed by atoms with E-state index >= 15 is 0 Å². The van der Waals surface area contributed by atoms with Crippen LogP contribution < -0.4 is 0 Å². The molecule has 0 saturated heterocycles. The van der Waals surface area contributed by atoms with Gasteiger partial charge in [0, 0.05) is 6.54 Å².